The molecular formula is C9H8N6O. The molecule has 0 atom stereocenters. The van der Waals surface area contributed by atoms with Gasteiger partial charge in [0.25, 0.3) is 0 Å². The van der Waals surface area contributed by atoms with Crippen LogP contribution in [0.4, 0.5) is 5.82 Å². The van der Waals surface area contributed by atoms with Crippen LogP contribution in [-0.2, 0) is 0 Å². The second kappa shape index (κ2) is 4.78. The molecule has 16 heavy (non-hydrogen) atoms. The summed E-state index contributed by atoms with van der Waals surface area (Å²) in [5, 5.41) is 9.61. The molecule has 0 saturated heterocycles. The van der Waals surface area contributed by atoms with Crippen LogP contribution >= 0.6 is 0 Å². The highest BCUT2D eigenvalue weighted by molar-refractivity contribution is 5.79. The summed E-state index contributed by atoms with van der Waals surface area (Å²) in [7, 11) is 0. The molecule has 2 N–H and O–H groups in total. The van der Waals surface area contributed by atoms with E-state index in [-0.39, 0.29) is 5.82 Å². The summed E-state index contributed by atoms with van der Waals surface area (Å²) < 4.78 is 0. The van der Waals surface area contributed by atoms with Crippen LogP contribution in [0, 0.1) is 0 Å². The van der Waals surface area contributed by atoms with Gasteiger partial charge in [0, 0.05) is 18.0 Å². The largest absolute Gasteiger partial charge is 0.363 e. The van der Waals surface area contributed by atoms with Crippen molar-refractivity contribution in [2.75, 3.05) is 5.43 Å². The van der Waals surface area contributed by atoms with Crippen molar-refractivity contribution in [1.82, 2.24) is 20.2 Å². The van der Waals surface area contributed by atoms with Gasteiger partial charge in [-0.15, -0.1) is 0 Å². The zero-order valence-electron chi connectivity index (χ0n) is 8.16. The first kappa shape index (κ1) is 9.97. The number of rotatable bonds is 3. The van der Waals surface area contributed by atoms with Crippen molar-refractivity contribution < 1.29 is 0 Å². The normalized spacial score (nSPS) is 10.5. The third-order valence-corrected chi connectivity index (χ3v) is 1.65. The van der Waals surface area contributed by atoms with E-state index < -0.39 is 5.69 Å². The summed E-state index contributed by atoms with van der Waals surface area (Å²) in [5.74, 6) is 0.281. The number of hydrazone groups is 1. The number of nitrogens with zero attached hydrogens (tertiary/aromatic N) is 4. The highest BCUT2D eigenvalue weighted by atomic mass is 16.1. The topological polar surface area (TPSA) is 95.9 Å². The van der Waals surface area contributed by atoms with Crippen LogP contribution in [0.1, 0.15) is 5.56 Å². The van der Waals surface area contributed by atoms with Gasteiger partial charge in [-0.05, 0) is 6.07 Å². The van der Waals surface area contributed by atoms with Crippen molar-refractivity contribution in [3.8, 4) is 0 Å². The Balaban J connectivity index is 2.03. The van der Waals surface area contributed by atoms with Crippen molar-refractivity contribution in [3.05, 3.63) is 46.8 Å². The zero-order chi connectivity index (χ0) is 11.2. The minimum Gasteiger partial charge on any atom is -0.264 e. The average Bonchev–Trinajstić information content (AvgIpc) is 2.30. The average molecular weight is 216 g/mol. The van der Waals surface area contributed by atoms with E-state index in [1.165, 1.54) is 6.20 Å². The van der Waals surface area contributed by atoms with Gasteiger partial charge in [0.2, 0.25) is 0 Å². The van der Waals surface area contributed by atoms with Gasteiger partial charge in [-0.2, -0.15) is 15.2 Å². The lowest BCUT2D eigenvalue weighted by molar-refractivity contribution is 0.913. The Morgan fingerprint density at radius 3 is 3.12 bits per heavy atom. The molecule has 0 aromatic carbocycles. The molecule has 0 unspecified atom stereocenters. The summed E-state index contributed by atoms with van der Waals surface area (Å²) in [4.78, 5) is 18.3. The minimum atomic E-state index is -0.526. The van der Waals surface area contributed by atoms with Gasteiger partial charge in [0.05, 0.1) is 12.4 Å². The lowest BCUT2D eigenvalue weighted by Crippen LogP contribution is -2.13. The first-order valence-electron chi connectivity index (χ1n) is 4.45. The maximum Gasteiger partial charge on any atom is 0.363 e. The molecule has 0 aliphatic carbocycles. The second-order valence-electron chi connectivity index (χ2n) is 2.83. The van der Waals surface area contributed by atoms with Gasteiger partial charge in [-0.25, -0.2) is 9.89 Å². The van der Waals surface area contributed by atoms with Crippen LogP contribution < -0.4 is 11.1 Å². The predicted octanol–water partition coefficient (Wildman–Crippen LogP) is 0.00590. The van der Waals surface area contributed by atoms with Gasteiger partial charge < -0.3 is 0 Å². The maximum atomic E-state index is 10.8. The highest BCUT2D eigenvalue weighted by Crippen LogP contribution is 1.94. The summed E-state index contributed by atoms with van der Waals surface area (Å²) >= 11 is 0. The lowest BCUT2D eigenvalue weighted by Gasteiger charge is -1.95. The van der Waals surface area contributed by atoms with Gasteiger partial charge in [-0.3, -0.25) is 10.4 Å². The highest BCUT2D eigenvalue weighted by Gasteiger charge is 1.91. The molecule has 0 amide bonds. The Morgan fingerprint density at radius 2 is 2.38 bits per heavy atom. The van der Waals surface area contributed by atoms with Gasteiger partial charge >= 0.3 is 5.69 Å². The SMILES string of the molecule is O=c1nc(N/N=C/c2cccnc2)cn[nH]1. The van der Waals surface area contributed by atoms with E-state index in [2.05, 4.69) is 30.7 Å². The van der Waals surface area contributed by atoms with E-state index >= 15 is 0 Å². The van der Waals surface area contributed by atoms with Crippen LogP contribution in [0.25, 0.3) is 0 Å². The fraction of sp³-hybridized carbons (Fsp3) is 0. The molecular weight excluding hydrogens is 208 g/mol. The van der Waals surface area contributed by atoms with Crippen LogP contribution in [0.5, 0.6) is 0 Å². The second-order valence-corrected chi connectivity index (χ2v) is 2.83. The predicted molar refractivity (Wildman–Crippen MR) is 58.1 cm³/mol. The minimum absolute atomic E-state index is 0.281. The Labute approximate surface area is 90.3 Å². The molecule has 7 heteroatoms. The van der Waals surface area contributed by atoms with E-state index in [9.17, 15) is 4.79 Å². The molecule has 0 spiro atoms. The molecule has 0 bridgehead atoms. The maximum absolute atomic E-state index is 10.8. The van der Waals surface area contributed by atoms with Crippen LogP contribution in [-0.4, -0.2) is 26.4 Å². The molecule has 0 fully saturated rings. The van der Waals surface area contributed by atoms with Crippen molar-refractivity contribution in [2.45, 2.75) is 0 Å². The molecule has 2 aromatic heterocycles. The van der Waals surface area contributed by atoms with E-state index in [1.807, 2.05) is 6.07 Å². The number of aromatic nitrogens is 4. The van der Waals surface area contributed by atoms with E-state index in [0.717, 1.165) is 5.56 Å². The molecule has 0 radical (unpaired) electrons. The van der Waals surface area contributed by atoms with Gasteiger partial charge in [-0.1, -0.05) is 6.07 Å². The number of aromatic amines is 1. The van der Waals surface area contributed by atoms with E-state index in [4.69, 9.17) is 0 Å². The molecule has 0 saturated carbocycles. The number of nitrogens with one attached hydrogen (secondary N) is 2. The Hall–Kier alpha value is -2.57. The first-order valence-corrected chi connectivity index (χ1v) is 4.45. The number of hydrogen-bond donors (Lipinski definition) is 2. The Bertz CT molecular complexity index is 535. The smallest absolute Gasteiger partial charge is 0.264 e. The van der Waals surface area contributed by atoms with Crippen molar-refractivity contribution in [1.29, 1.82) is 0 Å². The monoisotopic (exact) mass is 216 g/mol. The van der Waals surface area contributed by atoms with Crippen LogP contribution in [0.15, 0.2) is 40.6 Å². The quantitative estimate of drug-likeness (QED) is 0.556. The number of anilines is 1. The summed E-state index contributed by atoms with van der Waals surface area (Å²) in [6.45, 7) is 0. The fourth-order valence-electron chi connectivity index (χ4n) is 0.991. The fourth-order valence-corrected chi connectivity index (χ4v) is 0.991. The van der Waals surface area contributed by atoms with Crippen molar-refractivity contribution in [2.24, 2.45) is 5.10 Å². The third-order valence-electron chi connectivity index (χ3n) is 1.65. The van der Waals surface area contributed by atoms with Crippen molar-refractivity contribution >= 4 is 12.0 Å². The summed E-state index contributed by atoms with van der Waals surface area (Å²) in [5.41, 5.74) is 2.90. The third kappa shape index (κ3) is 2.71. The zero-order valence-corrected chi connectivity index (χ0v) is 8.16. The Kier molecular flexibility index (Phi) is 2.98. The lowest BCUT2D eigenvalue weighted by atomic mass is 10.3. The molecule has 80 valence electrons. The molecule has 0 aliphatic heterocycles. The molecule has 0 aliphatic rings. The first-order chi connectivity index (χ1) is 7.84. The number of pyridine rings is 1. The van der Waals surface area contributed by atoms with E-state index in [0.29, 0.717) is 0 Å². The van der Waals surface area contributed by atoms with Gasteiger partial charge in [0.15, 0.2) is 5.82 Å². The van der Waals surface area contributed by atoms with Gasteiger partial charge in [0.1, 0.15) is 0 Å². The summed E-state index contributed by atoms with van der Waals surface area (Å²) in [6.07, 6.45) is 6.26. The number of H-pyrrole nitrogens is 1. The van der Waals surface area contributed by atoms with Crippen LogP contribution in [0.2, 0.25) is 0 Å². The Morgan fingerprint density at radius 1 is 1.44 bits per heavy atom. The van der Waals surface area contributed by atoms with Crippen molar-refractivity contribution in [3.63, 3.8) is 0 Å². The molecule has 7 nitrogen and oxygen atoms in total. The summed E-state index contributed by atoms with van der Waals surface area (Å²) in [6, 6.07) is 3.65. The molecule has 2 rings (SSSR count). The number of hydrogen-bond acceptors (Lipinski definition) is 6. The van der Waals surface area contributed by atoms with Crippen LogP contribution in [0.3, 0.4) is 0 Å². The van der Waals surface area contributed by atoms with E-state index in [1.54, 1.807) is 24.7 Å². The standard InChI is InChI=1S/C9H8N6O/c16-9-13-8(6-12-15-9)14-11-5-7-2-1-3-10-4-7/h1-6H,(H2,13,14,15,16)/b11-5+. The molecule has 2 aromatic rings. The molecule has 2 heterocycles.